The summed E-state index contributed by atoms with van der Waals surface area (Å²) < 4.78 is 0. The molecule has 0 unspecified atom stereocenters. The molecule has 2 aromatic carbocycles. The molecule has 0 spiro atoms. The molecule has 0 N–H and O–H groups in total. The Kier molecular flexibility index (Phi) is 3.23. The predicted molar refractivity (Wildman–Crippen MR) is 87.0 cm³/mol. The van der Waals surface area contributed by atoms with Crippen molar-refractivity contribution >= 4 is 23.8 Å². The first-order valence-corrected chi connectivity index (χ1v) is 7.01. The van der Waals surface area contributed by atoms with Crippen LogP contribution in [0.15, 0.2) is 46.4 Å². The molecule has 20 heavy (non-hydrogen) atoms. The van der Waals surface area contributed by atoms with Gasteiger partial charge in [0.2, 0.25) is 0 Å². The molecule has 2 heteroatoms. The summed E-state index contributed by atoms with van der Waals surface area (Å²) in [6.07, 6.45) is 3.70. The van der Waals surface area contributed by atoms with Gasteiger partial charge in [0.15, 0.2) is 0 Å². The molecule has 0 saturated heterocycles. The van der Waals surface area contributed by atoms with E-state index in [0.717, 1.165) is 11.4 Å². The monoisotopic (exact) mass is 262 g/mol. The van der Waals surface area contributed by atoms with E-state index in [2.05, 4.69) is 53.3 Å². The Morgan fingerprint density at radius 1 is 0.800 bits per heavy atom. The highest BCUT2D eigenvalue weighted by Crippen LogP contribution is 2.52. The lowest BCUT2D eigenvalue weighted by Gasteiger charge is -2.08. The summed E-state index contributed by atoms with van der Waals surface area (Å²) in [4.78, 5) is 9.07. The van der Waals surface area contributed by atoms with Gasteiger partial charge in [0.1, 0.15) is 0 Å². The Morgan fingerprint density at radius 2 is 1.25 bits per heavy atom. The van der Waals surface area contributed by atoms with E-state index in [9.17, 15) is 0 Å². The lowest BCUT2D eigenvalue weighted by atomic mass is 9.99. The maximum atomic E-state index is 4.54. The Morgan fingerprint density at radius 3 is 1.65 bits per heavy atom. The van der Waals surface area contributed by atoms with E-state index in [1.165, 1.54) is 22.3 Å². The second-order valence-electron chi connectivity index (χ2n) is 4.98. The summed E-state index contributed by atoms with van der Waals surface area (Å²) in [6, 6.07) is 12.7. The largest absolute Gasteiger partial charge is 0.261 e. The van der Waals surface area contributed by atoms with Gasteiger partial charge in [0.25, 0.3) is 0 Å². The van der Waals surface area contributed by atoms with E-state index in [0.29, 0.717) is 5.92 Å². The summed E-state index contributed by atoms with van der Waals surface area (Å²) in [5, 5.41) is 0. The maximum absolute atomic E-state index is 4.54. The van der Waals surface area contributed by atoms with Gasteiger partial charge in [-0.05, 0) is 37.1 Å². The summed E-state index contributed by atoms with van der Waals surface area (Å²) in [6.45, 7) is 6.16. The molecule has 0 amide bonds. The predicted octanol–water partition coefficient (Wildman–Crippen LogP) is 5.26. The van der Waals surface area contributed by atoms with Crippen molar-refractivity contribution in [2.45, 2.75) is 26.7 Å². The summed E-state index contributed by atoms with van der Waals surface area (Å²) in [5.74, 6) is 0.402. The molecule has 1 aliphatic carbocycles. The third-order valence-electron chi connectivity index (χ3n) is 3.87. The van der Waals surface area contributed by atoms with Crippen LogP contribution in [-0.4, -0.2) is 12.4 Å². The van der Waals surface area contributed by atoms with Crippen LogP contribution in [0.25, 0.3) is 11.1 Å². The number of aliphatic imine (C=N–C) groups is 2. The highest BCUT2D eigenvalue weighted by molar-refractivity contribution is 5.94. The second kappa shape index (κ2) is 5.04. The molecule has 0 aliphatic heterocycles. The zero-order valence-corrected chi connectivity index (χ0v) is 12.1. The SMILES string of the molecule is CC=Nc1cccc2c1-c1c(N=CC)cccc1C2C. The zero-order chi connectivity index (χ0) is 14.1. The van der Waals surface area contributed by atoms with Crippen molar-refractivity contribution in [3.05, 3.63) is 47.5 Å². The first-order valence-electron chi connectivity index (χ1n) is 7.01. The van der Waals surface area contributed by atoms with Crippen LogP contribution in [0.4, 0.5) is 11.4 Å². The lowest BCUT2D eigenvalue weighted by molar-refractivity contribution is 0.956. The van der Waals surface area contributed by atoms with Crippen LogP contribution < -0.4 is 0 Å². The Labute approximate surface area is 119 Å². The molecule has 2 nitrogen and oxygen atoms in total. The molecule has 2 aromatic rings. The van der Waals surface area contributed by atoms with Gasteiger partial charge in [-0.1, -0.05) is 31.2 Å². The van der Waals surface area contributed by atoms with E-state index in [-0.39, 0.29) is 0 Å². The molecule has 0 bridgehead atoms. The maximum Gasteiger partial charge on any atom is 0.0707 e. The van der Waals surface area contributed by atoms with Crippen LogP contribution in [0.2, 0.25) is 0 Å². The van der Waals surface area contributed by atoms with Gasteiger partial charge in [-0.2, -0.15) is 0 Å². The van der Waals surface area contributed by atoms with Crippen LogP contribution in [0.5, 0.6) is 0 Å². The van der Waals surface area contributed by atoms with Crippen LogP contribution in [0, 0.1) is 0 Å². The van der Waals surface area contributed by atoms with Gasteiger partial charge in [-0.3, -0.25) is 9.98 Å². The van der Waals surface area contributed by atoms with Gasteiger partial charge in [0.05, 0.1) is 11.4 Å². The van der Waals surface area contributed by atoms with Gasteiger partial charge in [-0.25, -0.2) is 0 Å². The van der Waals surface area contributed by atoms with Crippen LogP contribution in [0.1, 0.15) is 37.8 Å². The van der Waals surface area contributed by atoms with Crippen LogP contribution in [0.3, 0.4) is 0 Å². The summed E-state index contributed by atoms with van der Waals surface area (Å²) in [7, 11) is 0. The Bertz CT molecular complexity index is 650. The highest BCUT2D eigenvalue weighted by atomic mass is 14.7. The number of fused-ring (bicyclic) bond motifs is 3. The van der Waals surface area contributed by atoms with E-state index in [1.54, 1.807) is 0 Å². The van der Waals surface area contributed by atoms with Crippen molar-refractivity contribution in [3.8, 4) is 11.1 Å². The van der Waals surface area contributed by atoms with Gasteiger partial charge >= 0.3 is 0 Å². The van der Waals surface area contributed by atoms with Crippen LogP contribution >= 0.6 is 0 Å². The molecular formula is C18H18N2. The van der Waals surface area contributed by atoms with Crippen molar-refractivity contribution in [3.63, 3.8) is 0 Å². The van der Waals surface area contributed by atoms with E-state index >= 15 is 0 Å². The minimum Gasteiger partial charge on any atom is -0.261 e. The molecule has 3 rings (SSSR count). The zero-order valence-electron chi connectivity index (χ0n) is 12.1. The topological polar surface area (TPSA) is 24.7 Å². The number of hydrogen-bond acceptors (Lipinski definition) is 2. The second-order valence-corrected chi connectivity index (χ2v) is 4.98. The number of benzene rings is 2. The fourth-order valence-electron chi connectivity index (χ4n) is 3.04. The first kappa shape index (κ1) is 12.8. The van der Waals surface area contributed by atoms with Crippen molar-refractivity contribution in [2.75, 3.05) is 0 Å². The highest BCUT2D eigenvalue weighted by Gasteiger charge is 2.29. The lowest BCUT2D eigenvalue weighted by Crippen LogP contribution is -1.88. The fourth-order valence-corrected chi connectivity index (χ4v) is 3.04. The van der Waals surface area contributed by atoms with Crippen molar-refractivity contribution in [2.24, 2.45) is 9.98 Å². The van der Waals surface area contributed by atoms with Crippen LogP contribution in [-0.2, 0) is 0 Å². The fraction of sp³-hybridized carbons (Fsp3) is 0.222. The smallest absolute Gasteiger partial charge is 0.0707 e. The van der Waals surface area contributed by atoms with E-state index in [4.69, 9.17) is 0 Å². The van der Waals surface area contributed by atoms with Crippen molar-refractivity contribution in [1.82, 2.24) is 0 Å². The molecule has 0 atom stereocenters. The average molecular weight is 262 g/mol. The number of hydrogen-bond donors (Lipinski definition) is 0. The van der Waals surface area contributed by atoms with E-state index < -0.39 is 0 Å². The standard InChI is InChI=1S/C18H18N2/c1-4-19-15-10-6-8-13-12(3)14-9-7-11-16(20-5-2)18(14)17(13)15/h4-12H,1-3H3. The number of rotatable bonds is 2. The Balaban J connectivity index is 2.36. The average Bonchev–Trinajstić information content (AvgIpc) is 2.76. The molecule has 0 radical (unpaired) electrons. The molecule has 0 fully saturated rings. The van der Waals surface area contributed by atoms with Crippen molar-refractivity contribution < 1.29 is 0 Å². The molecule has 0 heterocycles. The van der Waals surface area contributed by atoms with Gasteiger partial charge < -0.3 is 0 Å². The minimum atomic E-state index is 0.402. The number of nitrogens with zero attached hydrogens (tertiary/aromatic N) is 2. The molecule has 1 aliphatic rings. The van der Waals surface area contributed by atoms with Crippen molar-refractivity contribution in [1.29, 1.82) is 0 Å². The van der Waals surface area contributed by atoms with Gasteiger partial charge in [-0.15, -0.1) is 0 Å². The normalized spacial score (nSPS) is 16.9. The first-order chi connectivity index (χ1) is 9.77. The third-order valence-corrected chi connectivity index (χ3v) is 3.87. The Hall–Kier alpha value is -2.22. The molecular weight excluding hydrogens is 244 g/mol. The quantitative estimate of drug-likeness (QED) is 0.659. The molecule has 0 saturated carbocycles. The molecule has 100 valence electrons. The van der Waals surface area contributed by atoms with E-state index in [1.807, 2.05) is 26.3 Å². The minimum absolute atomic E-state index is 0.402. The molecule has 0 aromatic heterocycles. The van der Waals surface area contributed by atoms with Gasteiger partial charge in [0, 0.05) is 29.5 Å². The third kappa shape index (κ3) is 1.80. The summed E-state index contributed by atoms with van der Waals surface area (Å²) >= 11 is 0. The summed E-state index contributed by atoms with van der Waals surface area (Å²) in [5.41, 5.74) is 7.26.